The van der Waals surface area contributed by atoms with E-state index in [0.717, 1.165) is 11.3 Å². The number of rotatable bonds is 6. The molecule has 0 amide bonds. The molecular formula is C13H17N5O3. The van der Waals surface area contributed by atoms with E-state index in [1.807, 2.05) is 13.8 Å². The van der Waals surface area contributed by atoms with Gasteiger partial charge in [-0.25, -0.2) is 4.98 Å². The van der Waals surface area contributed by atoms with Crippen molar-refractivity contribution >= 4 is 17.3 Å². The van der Waals surface area contributed by atoms with E-state index in [1.165, 1.54) is 6.07 Å². The fourth-order valence-electron chi connectivity index (χ4n) is 1.94. The van der Waals surface area contributed by atoms with Gasteiger partial charge in [-0.3, -0.25) is 10.1 Å². The van der Waals surface area contributed by atoms with E-state index in [4.69, 9.17) is 4.52 Å². The molecule has 8 nitrogen and oxygen atoms in total. The molecule has 0 spiro atoms. The van der Waals surface area contributed by atoms with Gasteiger partial charge in [-0.05, 0) is 26.8 Å². The van der Waals surface area contributed by atoms with E-state index in [2.05, 4.69) is 20.8 Å². The molecule has 0 saturated heterocycles. The molecule has 2 aromatic rings. The molecule has 0 radical (unpaired) electrons. The van der Waals surface area contributed by atoms with Crippen LogP contribution in [0, 0.1) is 24.0 Å². The number of hydrogen-bond acceptors (Lipinski definition) is 7. The number of nitrogens with zero attached hydrogens (tertiary/aromatic N) is 3. The maximum Gasteiger partial charge on any atom is 0.311 e. The van der Waals surface area contributed by atoms with Crippen LogP contribution >= 0.6 is 0 Å². The minimum Gasteiger partial charge on any atom is -0.370 e. The van der Waals surface area contributed by atoms with E-state index in [1.54, 1.807) is 13.0 Å². The molecule has 0 fully saturated rings. The van der Waals surface area contributed by atoms with Crippen LogP contribution in [-0.2, 0) is 6.54 Å². The summed E-state index contributed by atoms with van der Waals surface area (Å²) in [7, 11) is 0. The molecule has 8 heteroatoms. The van der Waals surface area contributed by atoms with Crippen molar-refractivity contribution < 1.29 is 9.45 Å². The second-order valence-electron chi connectivity index (χ2n) is 4.51. The van der Waals surface area contributed by atoms with Crippen molar-refractivity contribution in [1.29, 1.82) is 0 Å². The molecule has 0 aliphatic heterocycles. The van der Waals surface area contributed by atoms with Crippen LogP contribution in [0.3, 0.4) is 0 Å². The van der Waals surface area contributed by atoms with Crippen LogP contribution in [0.5, 0.6) is 0 Å². The predicted octanol–water partition coefficient (Wildman–Crippen LogP) is 2.64. The van der Waals surface area contributed by atoms with Gasteiger partial charge in [-0.2, -0.15) is 0 Å². The summed E-state index contributed by atoms with van der Waals surface area (Å²) in [5.74, 6) is 1.49. The third-order valence-corrected chi connectivity index (χ3v) is 3.04. The first-order chi connectivity index (χ1) is 10.0. The summed E-state index contributed by atoms with van der Waals surface area (Å²) in [6, 6.07) is 3.02. The van der Waals surface area contributed by atoms with Gasteiger partial charge >= 0.3 is 5.69 Å². The normalized spacial score (nSPS) is 10.4. The quantitative estimate of drug-likeness (QED) is 0.622. The van der Waals surface area contributed by atoms with Gasteiger partial charge in [0.2, 0.25) is 5.82 Å². The Balaban J connectivity index is 2.24. The Kier molecular flexibility index (Phi) is 4.36. The molecular weight excluding hydrogens is 274 g/mol. The number of hydrogen-bond donors (Lipinski definition) is 2. The van der Waals surface area contributed by atoms with Crippen molar-refractivity contribution in [1.82, 2.24) is 10.1 Å². The summed E-state index contributed by atoms with van der Waals surface area (Å²) in [6.45, 7) is 6.61. The van der Waals surface area contributed by atoms with Crippen molar-refractivity contribution in [3.05, 3.63) is 39.3 Å². The topological polar surface area (TPSA) is 106 Å². The lowest BCUT2D eigenvalue weighted by molar-refractivity contribution is -0.384. The highest BCUT2D eigenvalue weighted by Gasteiger charge is 2.17. The zero-order valence-corrected chi connectivity index (χ0v) is 12.1. The average molecular weight is 291 g/mol. The average Bonchev–Trinajstić information content (AvgIpc) is 2.76. The van der Waals surface area contributed by atoms with Crippen LogP contribution in [0.1, 0.15) is 23.9 Å². The van der Waals surface area contributed by atoms with Crippen molar-refractivity contribution in [2.24, 2.45) is 0 Å². The lowest BCUT2D eigenvalue weighted by Crippen LogP contribution is -2.08. The fraction of sp³-hybridized carbons (Fsp3) is 0.385. The molecule has 2 rings (SSSR count). The highest BCUT2D eigenvalue weighted by Crippen LogP contribution is 2.25. The number of aryl methyl sites for hydroxylation is 2. The highest BCUT2D eigenvalue weighted by atomic mass is 16.6. The van der Waals surface area contributed by atoms with Gasteiger partial charge in [-0.15, -0.1) is 0 Å². The van der Waals surface area contributed by atoms with Crippen LogP contribution in [0.25, 0.3) is 0 Å². The molecule has 0 bridgehead atoms. The zero-order chi connectivity index (χ0) is 15.4. The first kappa shape index (κ1) is 14.8. The lowest BCUT2D eigenvalue weighted by Gasteiger charge is -2.08. The third-order valence-electron chi connectivity index (χ3n) is 3.04. The molecule has 2 heterocycles. The highest BCUT2D eigenvalue weighted by molar-refractivity contribution is 5.60. The van der Waals surface area contributed by atoms with Crippen LogP contribution in [-0.4, -0.2) is 21.6 Å². The zero-order valence-electron chi connectivity index (χ0n) is 12.1. The van der Waals surface area contributed by atoms with Crippen LogP contribution in [0.15, 0.2) is 16.7 Å². The van der Waals surface area contributed by atoms with E-state index >= 15 is 0 Å². The summed E-state index contributed by atoms with van der Waals surface area (Å²) >= 11 is 0. The van der Waals surface area contributed by atoms with Gasteiger partial charge in [0.25, 0.3) is 0 Å². The molecule has 0 atom stereocenters. The standard InChI is InChI=1S/C13H17N5O3/c1-4-14-12-6-5-11(18(19)20)13(16-12)15-7-10-8(2)17-21-9(10)3/h5-6H,4,7H2,1-3H3,(H2,14,15,16). The first-order valence-electron chi connectivity index (χ1n) is 6.57. The maximum atomic E-state index is 11.1. The maximum absolute atomic E-state index is 11.1. The third kappa shape index (κ3) is 3.28. The fourth-order valence-corrected chi connectivity index (χ4v) is 1.94. The minimum absolute atomic E-state index is 0.0663. The minimum atomic E-state index is -0.460. The van der Waals surface area contributed by atoms with Crippen molar-refractivity contribution in [3.63, 3.8) is 0 Å². The monoisotopic (exact) mass is 291 g/mol. The summed E-state index contributed by atoms with van der Waals surface area (Å²) < 4.78 is 5.07. The van der Waals surface area contributed by atoms with Gasteiger partial charge in [0, 0.05) is 24.7 Å². The van der Waals surface area contributed by atoms with Gasteiger partial charge < -0.3 is 15.2 Å². The first-order valence-corrected chi connectivity index (χ1v) is 6.57. The van der Waals surface area contributed by atoms with E-state index in [-0.39, 0.29) is 11.5 Å². The Labute approximate surface area is 121 Å². The number of aromatic nitrogens is 2. The number of anilines is 2. The van der Waals surface area contributed by atoms with Gasteiger partial charge in [0.15, 0.2) is 0 Å². The Bertz CT molecular complexity index is 634. The smallest absolute Gasteiger partial charge is 0.311 e. The Morgan fingerprint density at radius 3 is 2.67 bits per heavy atom. The number of nitro groups is 1. The summed E-state index contributed by atoms with van der Waals surface area (Å²) in [5.41, 5.74) is 1.56. The number of pyridine rings is 1. The van der Waals surface area contributed by atoms with Gasteiger partial charge in [-0.1, -0.05) is 5.16 Å². The summed E-state index contributed by atoms with van der Waals surface area (Å²) in [4.78, 5) is 14.8. The predicted molar refractivity (Wildman–Crippen MR) is 78.4 cm³/mol. The Hall–Kier alpha value is -2.64. The molecule has 0 aliphatic carbocycles. The molecule has 0 aliphatic rings. The van der Waals surface area contributed by atoms with Crippen molar-refractivity contribution in [2.75, 3.05) is 17.2 Å². The number of nitrogens with one attached hydrogen (secondary N) is 2. The van der Waals surface area contributed by atoms with Gasteiger partial charge in [0.05, 0.1) is 10.6 Å². The lowest BCUT2D eigenvalue weighted by atomic mass is 10.2. The molecule has 21 heavy (non-hydrogen) atoms. The molecule has 112 valence electrons. The second-order valence-corrected chi connectivity index (χ2v) is 4.51. The summed E-state index contributed by atoms with van der Waals surface area (Å²) in [6.07, 6.45) is 0. The Morgan fingerprint density at radius 1 is 1.33 bits per heavy atom. The summed E-state index contributed by atoms with van der Waals surface area (Å²) in [5, 5.41) is 20.9. The van der Waals surface area contributed by atoms with Crippen LogP contribution in [0.2, 0.25) is 0 Å². The van der Waals surface area contributed by atoms with Crippen LogP contribution in [0.4, 0.5) is 17.3 Å². The van der Waals surface area contributed by atoms with E-state index in [0.29, 0.717) is 24.7 Å². The SMILES string of the molecule is CCNc1ccc([N+](=O)[O-])c(NCc2c(C)noc2C)n1. The van der Waals surface area contributed by atoms with Crippen molar-refractivity contribution in [3.8, 4) is 0 Å². The molecule has 2 aromatic heterocycles. The molecule has 0 aromatic carbocycles. The van der Waals surface area contributed by atoms with E-state index in [9.17, 15) is 10.1 Å². The van der Waals surface area contributed by atoms with Crippen molar-refractivity contribution in [2.45, 2.75) is 27.3 Å². The molecule has 0 saturated carbocycles. The Morgan fingerprint density at radius 2 is 2.10 bits per heavy atom. The van der Waals surface area contributed by atoms with Crippen LogP contribution < -0.4 is 10.6 Å². The van der Waals surface area contributed by atoms with E-state index < -0.39 is 4.92 Å². The molecule has 0 unspecified atom stereocenters. The largest absolute Gasteiger partial charge is 0.370 e. The molecule has 2 N–H and O–H groups in total. The van der Waals surface area contributed by atoms with Gasteiger partial charge in [0.1, 0.15) is 11.6 Å². The second kappa shape index (κ2) is 6.21.